The Morgan fingerprint density at radius 2 is 2.16 bits per heavy atom. The molecule has 0 saturated carbocycles. The molecular weight excluding hydrogens is 336 g/mol. The molecule has 0 radical (unpaired) electrons. The smallest absolute Gasteiger partial charge is 0.223 e. The summed E-state index contributed by atoms with van der Waals surface area (Å²) in [6, 6.07) is 8.03. The molecule has 1 aliphatic rings. The van der Waals surface area contributed by atoms with Crippen molar-refractivity contribution in [1.82, 2.24) is 25.1 Å². The van der Waals surface area contributed by atoms with Crippen molar-refractivity contribution >= 4 is 28.7 Å². The van der Waals surface area contributed by atoms with E-state index >= 15 is 0 Å². The van der Waals surface area contributed by atoms with Crippen molar-refractivity contribution in [3.05, 3.63) is 40.8 Å². The Morgan fingerprint density at radius 1 is 1.28 bits per heavy atom. The minimum absolute atomic E-state index is 0.0956. The minimum Gasteiger partial charge on any atom is -0.355 e. The van der Waals surface area contributed by atoms with E-state index in [1.165, 1.54) is 4.88 Å². The lowest BCUT2D eigenvalue weighted by atomic mass is 9.96. The van der Waals surface area contributed by atoms with Crippen LogP contribution in [0.2, 0.25) is 0 Å². The molecule has 3 aromatic rings. The fraction of sp³-hybridized carbons (Fsp3) is 0.412. The predicted octanol–water partition coefficient (Wildman–Crippen LogP) is 1.76. The SMILES string of the molecule is O=C(NCCc1cccs1)C1CCN(c2ccc3nncn3n2)CC1. The molecule has 0 bridgehead atoms. The molecule has 130 valence electrons. The van der Waals surface area contributed by atoms with Crippen LogP contribution in [-0.2, 0) is 11.2 Å². The molecule has 3 aromatic heterocycles. The predicted molar refractivity (Wildman–Crippen MR) is 96.8 cm³/mol. The van der Waals surface area contributed by atoms with Crippen LogP contribution in [0.5, 0.6) is 0 Å². The van der Waals surface area contributed by atoms with Gasteiger partial charge in [0.05, 0.1) is 0 Å². The summed E-state index contributed by atoms with van der Waals surface area (Å²) in [7, 11) is 0. The monoisotopic (exact) mass is 356 g/mol. The van der Waals surface area contributed by atoms with Crippen LogP contribution in [0.3, 0.4) is 0 Å². The highest BCUT2D eigenvalue weighted by Gasteiger charge is 2.25. The molecule has 8 heteroatoms. The first-order valence-corrected chi connectivity index (χ1v) is 9.40. The van der Waals surface area contributed by atoms with Gasteiger partial charge >= 0.3 is 0 Å². The topological polar surface area (TPSA) is 75.4 Å². The summed E-state index contributed by atoms with van der Waals surface area (Å²) < 4.78 is 1.68. The number of nitrogens with one attached hydrogen (secondary N) is 1. The van der Waals surface area contributed by atoms with Crippen LogP contribution in [-0.4, -0.2) is 45.4 Å². The van der Waals surface area contributed by atoms with Gasteiger partial charge in [-0.2, -0.15) is 4.52 Å². The van der Waals surface area contributed by atoms with E-state index in [2.05, 4.69) is 37.0 Å². The van der Waals surface area contributed by atoms with Crippen molar-refractivity contribution < 1.29 is 4.79 Å². The van der Waals surface area contributed by atoms with Crippen LogP contribution >= 0.6 is 11.3 Å². The van der Waals surface area contributed by atoms with Gasteiger partial charge in [-0.15, -0.1) is 26.6 Å². The Morgan fingerprint density at radius 3 is 2.96 bits per heavy atom. The summed E-state index contributed by atoms with van der Waals surface area (Å²) in [6.07, 6.45) is 4.22. The van der Waals surface area contributed by atoms with Crippen molar-refractivity contribution in [3.8, 4) is 0 Å². The maximum atomic E-state index is 12.3. The molecule has 1 amide bonds. The fourth-order valence-electron chi connectivity index (χ4n) is 3.17. The van der Waals surface area contributed by atoms with Crippen LogP contribution in [0.15, 0.2) is 36.0 Å². The maximum absolute atomic E-state index is 12.3. The average molecular weight is 356 g/mol. The lowest BCUT2D eigenvalue weighted by Crippen LogP contribution is -2.41. The minimum atomic E-state index is 0.0956. The van der Waals surface area contributed by atoms with Gasteiger partial charge in [-0.05, 0) is 42.8 Å². The van der Waals surface area contributed by atoms with Gasteiger partial charge in [0, 0.05) is 30.4 Å². The number of carbonyl (C=O) groups excluding carboxylic acids is 1. The number of fused-ring (bicyclic) bond motifs is 1. The maximum Gasteiger partial charge on any atom is 0.223 e. The lowest BCUT2D eigenvalue weighted by Gasteiger charge is -2.32. The number of hydrogen-bond donors (Lipinski definition) is 1. The molecule has 4 rings (SSSR count). The highest BCUT2D eigenvalue weighted by molar-refractivity contribution is 7.09. The van der Waals surface area contributed by atoms with E-state index in [-0.39, 0.29) is 11.8 Å². The molecule has 1 aliphatic heterocycles. The van der Waals surface area contributed by atoms with Crippen LogP contribution in [0, 0.1) is 5.92 Å². The van der Waals surface area contributed by atoms with E-state index in [0.29, 0.717) is 6.54 Å². The molecule has 4 heterocycles. The first-order chi connectivity index (χ1) is 12.3. The van der Waals surface area contributed by atoms with Crippen molar-refractivity contribution in [2.75, 3.05) is 24.5 Å². The third kappa shape index (κ3) is 3.63. The fourth-order valence-corrected chi connectivity index (χ4v) is 3.87. The second-order valence-corrected chi connectivity index (χ2v) is 7.24. The number of anilines is 1. The van der Waals surface area contributed by atoms with Gasteiger partial charge < -0.3 is 10.2 Å². The Hall–Kier alpha value is -2.48. The Labute approximate surface area is 149 Å². The first kappa shape index (κ1) is 16.0. The highest BCUT2D eigenvalue weighted by atomic mass is 32.1. The van der Waals surface area contributed by atoms with Crippen molar-refractivity contribution in [2.45, 2.75) is 19.3 Å². The molecule has 1 fully saturated rings. The zero-order chi connectivity index (χ0) is 17.1. The van der Waals surface area contributed by atoms with Crippen LogP contribution in [0.25, 0.3) is 5.65 Å². The molecule has 1 N–H and O–H groups in total. The van der Waals surface area contributed by atoms with Gasteiger partial charge in [-0.1, -0.05) is 6.07 Å². The Bertz CT molecular complexity index is 838. The number of thiophene rings is 1. The van der Waals surface area contributed by atoms with E-state index in [0.717, 1.165) is 43.8 Å². The number of amides is 1. The number of piperidine rings is 1. The van der Waals surface area contributed by atoms with Gasteiger partial charge in [0.25, 0.3) is 0 Å². The van der Waals surface area contributed by atoms with Crippen LogP contribution < -0.4 is 10.2 Å². The zero-order valence-electron chi connectivity index (χ0n) is 13.8. The van der Waals surface area contributed by atoms with Crippen molar-refractivity contribution in [1.29, 1.82) is 0 Å². The summed E-state index contributed by atoms with van der Waals surface area (Å²) in [5.41, 5.74) is 0.740. The second kappa shape index (κ2) is 7.18. The zero-order valence-corrected chi connectivity index (χ0v) is 14.7. The van der Waals surface area contributed by atoms with Crippen molar-refractivity contribution in [3.63, 3.8) is 0 Å². The van der Waals surface area contributed by atoms with E-state index in [4.69, 9.17) is 0 Å². The standard InChI is InChI=1S/C17H20N6OS/c24-17(18-8-5-14-2-1-11-25-14)13-6-9-22(10-7-13)16-4-3-15-20-19-12-23(15)21-16/h1-4,11-13H,5-10H2,(H,18,24). The van der Waals surface area contributed by atoms with Gasteiger partial charge in [0.2, 0.25) is 5.91 Å². The van der Waals surface area contributed by atoms with E-state index in [1.807, 2.05) is 18.2 Å². The number of hydrogen-bond acceptors (Lipinski definition) is 6. The molecule has 0 aliphatic carbocycles. The van der Waals surface area contributed by atoms with Gasteiger partial charge in [0.1, 0.15) is 12.1 Å². The normalized spacial score (nSPS) is 15.6. The van der Waals surface area contributed by atoms with E-state index < -0.39 is 0 Å². The summed E-state index contributed by atoms with van der Waals surface area (Å²) >= 11 is 1.73. The Kier molecular flexibility index (Phi) is 4.60. The van der Waals surface area contributed by atoms with Gasteiger partial charge in [-0.25, -0.2) is 0 Å². The number of aromatic nitrogens is 4. The number of nitrogens with zero attached hydrogens (tertiary/aromatic N) is 5. The summed E-state index contributed by atoms with van der Waals surface area (Å²) in [5, 5.41) is 17.5. The summed E-state index contributed by atoms with van der Waals surface area (Å²) in [4.78, 5) is 15.9. The van der Waals surface area contributed by atoms with E-state index in [9.17, 15) is 4.79 Å². The molecule has 0 spiro atoms. The third-order valence-corrected chi connectivity index (χ3v) is 5.52. The number of rotatable bonds is 5. The summed E-state index contributed by atoms with van der Waals surface area (Å²) in [6.45, 7) is 2.39. The molecule has 0 aromatic carbocycles. The molecule has 25 heavy (non-hydrogen) atoms. The highest BCUT2D eigenvalue weighted by Crippen LogP contribution is 2.22. The lowest BCUT2D eigenvalue weighted by molar-refractivity contribution is -0.125. The van der Waals surface area contributed by atoms with Crippen LogP contribution in [0.4, 0.5) is 5.82 Å². The molecule has 7 nitrogen and oxygen atoms in total. The van der Waals surface area contributed by atoms with Gasteiger partial charge in [-0.3, -0.25) is 4.79 Å². The Balaban J connectivity index is 1.27. The number of carbonyl (C=O) groups is 1. The summed E-state index contributed by atoms with van der Waals surface area (Å²) in [5.74, 6) is 1.18. The first-order valence-electron chi connectivity index (χ1n) is 8.52. The molecular formula is C17H20N6OS. The third-order valence-electron chi connectivity index (χ3n) is 4.59. The average Bonchev–Trinajstić information content (AvgIpc) is 3.32. The van der Waals surface area contributed by atoms with Crippen molar-refractivity contribution in [2.24, 2.45) is 5.92 Å². The molecule has 0 unspecified atom stereocenters. The van der Waals surface area contributed by atoms with E-state index in [1.54, 1.807) is 22.2 Å². The second-order valence-electron chi connectivity index (χ2n) is 6.21. The largest absolute Gasteiger partial charge is 0.355 e. The molecule has 1 saturated heterocycles. The van der Waals surface area contributed by atoms with Crippen LogP contribution in [0.1, 0.15) is 17.7 Å². The molecule has 0 atom stereocenters. The quantitative estimate of drug-likeness (QED) is 0.754. The van der Waals surface area contributed by atoms with Gasteiger partial charge in [0.15, 0.2) is 5.65 Å².